The summed E-state index contributed by atoms with van der Waals surface area (Å²) >= 11 is 0. The molecule has 0 heterocycles. The molecule has 0 aliphatic rings. The normalized spacial score (nSPS) is 12.0. The van der Waals surface area contributed by atoms with Crippen LogP contribution in [0.2, 0.25) is 0 Å². The summed E-state index contributed by atoms with van der Waals surface area (Å²) < 4.78 is 10.9. The molecule has 0 radical (unpaired) electrons. The molecule has 0 aliphatic carbocycles. The first-order valence-corrected chi connectivity index (χ1v) is 9.22. The van der Waals surface area contributed by atoms with Gasteiger partial charge in [-0.2, -0.15) is 0 Å². The first-order valence-electron chi connectivity index (χ1n) is 8.40. The van der Waals surface area contributed by atoms with Crippen molar-refractivity contribution < 1.29 is 9.05 Å². The third-order valence-corrected chi connectivity index (χ3v) is 4.00. The number of unbranched alkanes of at least 4 members (excludes halogenated alkanes) is 9. The predicted molar refractivity (Wildman–Crippen MR) is 90.6 cm³/mol. The van der Waals surface area contributed by atoms with Gasteiger partial charge in [0, 0.05) is 6.54 Å². The summed E-state index contributed by atoms with van der Waals surface area (Å²) in [4.78, 5) is 2.12. The van der Waals surface area contributed by atoms with Gasteiger partial charge in [0.2, 0.25) is 0 Å². The molecule has 0 N–H and O–H groups in total. The second-order valence-electron chi connectivity index (χ2n) is 5.77. The number of nitrogens with zero attached hydrogens (tertiary/aromatic N) is 1. The fraction of sp³-hybridized carbons (Fsp3) is 1.00. The molecule has 0 rings (SSSR count). The Kier molecular flexibility index (Phi) is 17.6. The van der Waals surface area contributed by atoms with Crippen LogP contribution < -0.4 is 0 Å². The van der Waals surface area contributed by atoms with E-state index in [4.69, 9.17) is 9.05 Å². The Morgan fingerprint density at radius 2 is 1.20 bits per heavy atom. The van der Waals surface area contributed by atoms with Crippen LogP contribution in [0.25, 0.3) is 0 Å². The fourth-order valence-corrected chi connectivity index (χ4v) is 2.50. The number of hydrogen-bond donors (Lipinski definition) is 0. The average Bonchev–Trinajstić information content (AvgIpc) is 2.43. The number of hydrogen-bond acceptors (Lipinski definition) is 3. The molecule has 4 heteroatoms. The maximum atomic E-state index is 5.47. The van der Waals surface area contributed by atoms with Gasteiger partial charge >= 0.3 is 0 Å². The molecule has 0 saturated heterocycles. The Morgan fingerprint density at radius 1 is 0.700 bits per heavy atom. The van der Waals surface area contributed by atoms with Crippen LogP contribution in [0.5, 0.6) is 0 Å². The monoisotopic (exact) mass is 305 g/mol. The van der Waals surface area contributed by atoms with E-state index in [0.717, 1.165) is 19.8 Å². The molecule has 20 heavy (non-hydrogen) atoms. The highest BCUT2D eigenvalue weighted by Crippen LogP contribution is 2.15. The van der Waals surface area contributed by atoms with E-state index in [-0.39, 0.29) is 9.03 Å². The van der Waals surface area contributed by atoms with E-state index < -0.39 is 0 Å². The van der Waals surface area contributed by atoms with Gasteiger partial charge in [0.05, 0.1) is 13.2 Å². The van der Waals surface area contributed by atoms with Crippen molar-refractivity contribution >= 4 is 9.03 Å². The minimum atomic E-state index is 0.217. The highest BCUT2D eigenvalue weighted by Gasteiger charge is 1.94. The maximum absolute atomic E-state index is 5.47. The van der Waals surface area contributed by atoms with E-state index in [1.54, 1.807) is 0 Å². The van der Waals surface area contributed by atoms with Crippen LogP contribution >= 0.6 is 9.03 Å². The molecule has 1 unspecified atom stereocenters. The van der Waals surface area contributed by atoms with E-state index in [1.807, 2.05) is 0 Å². The molecule has 0 aromatic carbocycles. The van der Waals surface area contributed by atoms with Crippen molar-refractivity contribution in [3.8, 4) is 0 Å². The second-order valence-corrected chi connectivity index (χ2v) is 6.51. The first kappa shape index (κ1) is 20.3. The highest BCUT2D eigenvalue weighted by molar-refractivity contribution is 7.26. The number of rotatable bonds is 16. The molecule has 0 aliphatic heterocycles. The van der Waals surface area contributed by atoms with E-state index in [2.05, 4.69) is 25.9 Å². The maximum Gasteiger partial charge on any atom is 0.155 e. The molecule has 0 saturated carbocycles. The van der Waals surface area contributed by atoms with Crippen molar-refractivity contribution in [1.29, 1.82) is 0 Å². The van der Waals surface area contributed by atoms with E-state index in [9.17, 15) is 0 Å². The molecule has 0 aromatic rings. The van der Waals surface area contributed by atoms with Crippen LogP contribution in [0.3, 0.4) is 0 Å². The minimum absolute atomic E-state index is 0.217. The highest BCUT2D eigenvalue weighted by atomic mass is 31.1. The number of likely N-dealkylation sites (N-methyl/N-ethyl adjacent to an activating group) is 1. The second kappa shape index (κ2) is 17.4. The smallest absolute Gasteiger partial charge is 0.155 e. The molecule has 0 bridgehead atoms. The lowest BCUT2D eigenvalue weighted by Crippen LogP contribution is -2.16. The molecule has 0 spiro atoms. The lowest BCUT2D eigenvalue weighted by atomic mass is 10.1. The van der Waals surface area contributed by atoms with Crippen LogP contribution in [0.15, 0.2) is 0 Å². The SMILES string of the molecule is CCCCCCCCCCCCOPOCCN(C)C. The molecule has 3 nitrogen and oxygen atoms in total. The molecular formula is C16H36NO2P. The minimum Gasteiger partial charge on any atom is -0.336 e. The summed E-state index contributed by atoms with van der Waals surface area (Å²) in [5.41, 5.74) is 0. The van der Waals surface area contributed by atoms with Crippen molar-refractivity contribution in [1.82, 2.24) is 4.90 Å². The van der Waals surface area contributed by atoms with Gasteiger partial charge in [0.15, 0.2) is 9.03 Å². The van der Waals surface area contributed by atoms with Gasteiger partial charge in [-0.15, -0.1) is 0 Å². The van der Waals surface area contributed by atoms with Crippen LogP contribution in [0.1, 0.15) is 71.1 Å². The molecule has 0 fully saturated rings. The van der Waals surface area contributed by atoms with Crippen LogP contribution in [-0.2, 0) is 9.05 Å². The fourth-order valence-electron chi connectivity index (χ4n) is 2.01. The van der Waals surface area contributed by atoms with Gasteiger partial charge in [0.25, 0.3) is 0 Å². The Labute approximate surface area is 128 Å². The van der Waals surface area contributed by atoms with Gasteiger partial charge in [-0.05, 0) is 20.5 Å². The zero-order valence-electron chi connectivity index (χ0n) is 14.0. The van der Waals surface area contributed by atoms with Crippen LogP contribution in [-0.4, -0.2) is 38.8 Å². The topological polar surface area (TPSA) is 21.7 Å². The molecule has 122 valence electrons. The summed E-state index contributed by atoms with van der Waals surface area (Å²) in [7, 11) is 4.32. The van der Waals surface area contributed by atoms with Gasteiger partial charge in [-0.25, -0.2) is 0 Å². The molecule has 0 aromatic heterocycles. The summed E-state index contributed by atoms with van der Waals surface area (Å²) in [5, 5.41) is 0. The van der Waals surface area contributed by atoms with Crippen molar-refractivity contribution in [3.63, 3.8) is 0 Å². The van der Waals surface area contributed by atoms with Gasteiger partial charge in [-0.3, -0.25) is 0 Å². The van der Waals surface area contributed by atoms with E-state index >= 15 is 0 Å². The summed E-state index contributed by atoms with van der Waals surface area (Å²) in [5.74, 6) is 0. The quantitative estimate of drug-likeness (QED) is 0.295. The standard InChI is InChI=1S/C16H36NO2P/c1-4-5-6-7-8-9-10-11-12-13-15-18-20-19-16-14-17(2)3/h20H,4-16H2,1-3H3. The summed E-state index contributed by atoms with van der Waals surface area (Å²) in [6, 6.07) is 0. The van der Waals surface area contributed by atoms with Crippen molar-refractivity contribution in [2.45, 2.75) is 71.1 Å². The molecule has 1 atom stereocenters. The first-order chi connectivity index (χ1) is 9.77. The van der Waals surface area contributed by atoms with Crippen molar-refractivity contribution in [2.24, 2.45) is 0 Å². The van der Waals surface area contributed by atoms with Gasteiger partial charge in [-0.1, -0.05) is 64.7 Å². The Balaban J connectivity index is 2.92. The van der Waals surface area contributed by atoms with Crippen molar-refractivity contribution in [2.75, 3.05) is 33.9 Å². The molecular weight excluding hydrogens is 269 g/mol. The summed E-state index contributed by atoms with van der Waals surface area (Å²) in [6.07, 6.45) is 13.7. The Hall–Kier alpha value is 0.310. The van der Waals surface area contributed by atoms with E-state index in [1.165, 1.54) is 64.2 Å². The third kappa shape index (κ3) is 18.3. The van der Waals surface area contributed by atoms with Gasteiger partial charge < -0.3 is 13.9 Å². The summed E-state index contributed by atoms with van der Waals surface area (Å²) in [6.45, 7) is 4.87. The largest absolute Gasteiger partial charge is 0.336 e. The zero-order chi connectivity index (χ0) is 14.9. The Bertz CT molecular complexity index is 180. The molecule has 0 amide bonds. The average molecular weight is 305 g/mol. The third-order valence-electron chi connectivity index (χ3n) is 3.36. The Morgan fingerprint density at radius 3 is 1.75 bits per heavy atom. The van der Waals surface area contributed by atoms with Crippen molar-refractivity contribution in [3.05, 3.63) is 0 Å². The van der Waals surface area contributed by atoms with Crippen LogP contribution in [0.4, 0.5) is 0 Å². The predicted octanol–water partition coefficient (Wildman–Crippen LogP) is 5.01. The lowest BCUT2D eigenvalue weighted by Gasteiger charge is -2.09. The van der Waals surface area contributed by atoms with Crippen LogP contribution in [0, 0.1) is 0 Å². The zero-order valence-corrected chi connectivity index (χ0v) is 15.0. The lowest BCUT2D eigenvalue weighted by molar-refractivity contribution is 0.236. The van der Waals surface area contributed by atoms with E-state index in [0.29, 0.717) is 0 Å². The van der Waals surface area contributed by atoms with Gasteiger partial charge in [0.1, 0.15) is 0 Å².